The van der Waals surface area contributed by atoms with E-state index in [1.165, 1.54) is 19.5 Å². The van der Waals surface area contributed by atoms with Gasteiger partial charge in [-0.1, -0.05) is 13.0 Å². The molecule has 1 saturated carbocycles. The van der Waals surface area contributed by atoms with Gasteiger partial charge in [0.15, 0.2) is 5.78 Å². The average molecular weight is 402 g/mol. The van der Waals surface area contributed by atoms with Crippen molar-refractivity contribution in [3.05, 3.63) is 35.8 Å². The fourth-order valence-electron chi connectivity index (χ4n) is 5.79. The summed E-state index contributed by atoms with van der Waals surface area (Å²) in [5.41, 5.74) is -0.685. The Bertz CT molecular complexity index is 855. The Labute approximate surface area is 169 Å². The Morgan fingerprint density at radius 3 is 2.86 bits per heavy atom. The van der Waals surface area contributed by atoms with Gasteiger partial charge < -0.3 is 19.0 Å². The van der Waals surface area contributed by atoms with E-state index in [1.807, 2.05) is 13.0 Å². The van der Waals surface area contributed by atoms with Crippen LogP contribution in [-0.4, -0.2) is 36.0 Å². The van der Waals surface area contributed by atoms with Crippen molar-refractivity contribution in [2.24, 2.45) is 22.7 Å². The molecule has 1 saturated heterocycles. The third-order valence-electron chi connectivity index (χ3n) is 7.29. The highest BCUT2D eigenvalue weighted by Gasteiger charge is 2.66. The molecule has 156 valence electrons. The summed E-state index contributed by atoms with van der Waals surface area (Å²) in [6.45, 7) is 3.38. The predicted molar refractivity (Wildman–Crippen MR) is 100 cm³/mol. The van der Waals surface area contributed by atoms with Crippen LogP contribution in [0.1, 0.15) is 51.2 Å². The second-order valence-electron chi connectivity index (χ2n) is 8.56. The van der Waals surface area contributed by atoms with Crippen LogP contribution in [0, 0.1) is 22.7 Å². The Hall–Kier alpha value is -2.41. The maximum atomic E-state index is 13.8. The van der Waals surface area contributed by atoms with Gasteiger partial charge in [0.25, 0.3) is 0 Å². The van der Waals surface area contributed by atoms with Crippen LogP contribution in [-0.2, 0) is 23.9 Å². The summed E-state index contributed by atoms with van der Waals surface area (Å²) < 4.78 is 15.9. The molecule has 3 aliphatic rings. The molecular weight excluding hydrogens is 376 g/mol. The number of carbonyl (C=O) groups is 3. The van der Waals surface area contributed by atoms with Crippen molar-refractivity contribution in [2.45, 2.75) is 45.6 Å². The number of cyclic esters (lactones) is 1. The zero-order valence-electron chi connectivity index (χ0n) is 16.7. The summed E-state index contributed by atoms with van der Waals surface area (Å²) in [6, 6.07) is 1.56. The molecule has 1 N–H and O–H groups in total. The minimum absolute atomic E-state index is 0.120. The first kappa shape index (κ1) is 19.9. The van der Waals surface area contributed by atoms with Crippen LogP contribution in [0.15, 0.2) is 34.7 Å². The molecule has 0 bridgehead atoms. The summed E-state index contributed by atoms with van der Waals surface area (Å²) in [7, 11) is 0. The van der Waals surface area contributed by atoms with Crippen LogP contribution < -0.4 is 0 Å². The molecule has 2 heterocycles. The molecule has 1 unspecified atom stereocenters. The number of furan rings is 1. The van der Waals surface area contributed by atoms with E-state index in [4.69, 9.17) is 13.9 Å². The minimum atomic E-state index is -1.39. The predicted octanol–water partition coefficient (Wildman–Crippen LogP) is 2.74. The summed E-state index contributed by atoms with van der Waals surface area (Å²) in [5, 5.41) is 10.9. The van der Waals surface area contributed by atoms with Crippen molar-refractivity contribution >= 4 is 17.7 Å². The summed E-state index contributed by atoms with van der Waals surface area (Å²) in [6.07, 6.45) is 5.98. The van der Waals surface area contributed by atoms with E-state index < -0.39 is 28.7 Å². The molecule has 2 fully saturated rings. The normalized spacial score (nSPS) is 34.4. The Balaban J connectivity index is 1.82. The Morgan fingerprint density at radius 2 is 2.17 bits per heavy atom. The van der Waals surface area contributed by atoms with E-state index in [9.17, 15) is 19.5 Å². The van der Waals surface area contributed by atoms with E-state index >= 15 is 0 Å². The molecule has 1 aliphatic heterocycles. The number of Topliss-reactive ketones (excluding diaryl/α,β-unsaturated/α-hetero) is 1. The monoisotopic (exact) mass is 402 g/mol. The lowest BCUT2D eigenvalue weighted by Crippen LogP contribution is -2.59. The van der Waals surface area contributed by atoms with Crippen molar-refractivity contribution < 1.29 is 33.4 Å². The first-order chi connectivity index (χ1) is 13.8. The summed E-state index contributed by atoms with van der Waals surface area (Å²) >= 11 is 0. The number of aliphatic hydroxyl groups excluding tert-OH is 1. The Morgan fingerprint density at radius 1 is 1.38 bits per heavy atom. The number of aliphatic hydroxyl groups is 1. The quantitative estimate of drug-likeness (QED) is 0.755. The largest absolute Gasteiger partial charge is 0.472 e. The van der Waals surface area contributed by atoms with Gasteiger partial charge in [-0.05, 0) is 43.6 Å². The fraction of sp³-hybridized carbons (Fsp3) is 0.591. The second kappa shape index (κ2) is 7.13. The molecule has 1 spiro atoms. The molecule has 1 aromatic rings. The number of carbonyl (C=O) groups excluding carboxylic acids is 3. The van der Waals surface area contributed by atoms with Gasteiger partial charge in [0.2, 0.25) is 0 Å². The standard InChI is InChI=1S/C22H26O7/c1-13-6-8-21-11-29-20(26)16(21)4-3-5-17(21)22(13,12-28-14(2)23)19(25)18(24)15-7-9-27-10-15/h4,7,9-10,13,17-18,24H,3,5-6,8,11-12H2,1-2H3/t13-,17+,18?,21-,22+/m1/s1. The minimum Gasteiger partial charge on any atom is -0.472 e. The number of hydrogen-bond donors (Lipinski definition) is 1. The fourth-order valence-corrected chi connectivity index (χ4v) is 5.79. The van der Waals surface area contributed by atoms with Crippen molar-refractivity contribution in [2.75, 3.05) is 13.2 Å². The first-order valence-corrected chi connectivity index (χ1v) is 10.1. The molecule has 29 heavy (non-hydrogen) atoms. The van der Waals surface area contributed by atoms with Crippen LogP contribution in [0.5, 0.6) is 0 Å². The molecular formula is C22H26O7. The third-order valence-corrected chi connectivity index (χ3v) is 7.29. The Kier molecular flexibility index (Phi) is 4.89. The third kappa shape index (κ3) is 2.86. The topological polar surface area (TPSA) is 103 Å². The summed E-state index contributed by atoms with van der Waals surface area (Å²) in [4.78, 5) is 37.9. The molecule has 2 aliphatic carbocycles. The van der Waals surface area contributed by atoms with Gasteiger partial charge in [0.1, 0.15) is 19.3 Å². The van der Waals surface area contributed by atoms with E-state index in [1.54, 1.807) is 6.07 Å². The van der Waals surface area contributed by atoms with Crippen LogP contribution in [0.2, 0.25) is 0 Å². The molecule has 0 aromatic carbocycles. The summed E-state index contributed by atoms with van der Waals surface area (Å²) in [5.74, 6) is -1.60. The smallest absolute Gasteiger partial charge is 0.334 e. The van der Waals surface area contributed by atoms with E-state index in [0.29, 0.717) is 30.4 Å². The SMILES string of the molecule is CC(=O)OC[C@]1(C(=O)C(O)c2ccoc2)[C@H](C)CC[C@@]23COC(=O)C2=CCC[C@@H]31. The van der Waals surface area contributed by atoms with Crippen molar-refractivity contribution in [1.29, 1.82) is 0 Å². The number of rotatable bonds is 5. The highest BCUT2D eigenvalue weighted by atomic mass is 16.5. The van der Waals surface area contributed by atoms with Gasteiger partial charge in [0, 0.05) is 23.5 Å². The number of ether oxygens (including phenoxy) is 2. The highest BCUT2D eigenvalue weighted by Crippen LogP contribution is 2.63. The molecule has 0 amide bonds. The molecule has 0 radical (unpaired) electrons. The number of ketones is 1. The van der Waals surface area contributed by atoms with Gasteiger partial charge in [-0.3, -0.25) is 9.59 Å². The molecule has 7 nitrogen and oxygen atoms in total. The first-order valence-electron chi connectivity index (χ1n) is 10.1. The van der Waals surface area contributed by atoms with Crippen molar-refractivity contribution in [3.8, 4) is 0 Å². The average Bonchev–Trinajstić information content (AvgIpc) is 3.35. The molecule has 7 heteroatoms. The van der Waals surface area contributed by atoms with Gasteiger partial charge in [-0.15, -0.1) is 0 Å². The van der Waals surface area contributed by atoms with E-state index in [2.05, 4.69) is 0 Å². The molecule has 5 atom stereocenters. The van der Waals surface area contributed by atoms with Crippen LogP contribution in [0.4, 0.5) is 0 Å². The lowest BCUT2D eigenvalue weighted by atomic mass is 9.46. The second-order valence-corrected chi connectivity index (χ2v) is 8.56. The van der Waals surface area contributed by atoms with Crippen LogP contribution in [0.25, 0.3) is 0 Å². The van der Waals surface area contributed by atoms with Gasteiger partial charge >= 0.3 is 11.9 Å². The zero-order chi connectivity index (χ0) is 20.8. The molecule has 4 rings (SSSR count). The molecule has 1 aromatic heterocycles. The maximum absolute atomic E-state index is 13.8. The van der Waals surface area contributed by atoms with Crippen molar-refractivity contribution in [1.82, 2.24) is 0 Å². The number of allylic oxidation sites excluding steroid dienone is 1. The van der Waals surface area contributed by atoms with Gasteiger partial charge in [-0.25, -0.2) is 4.79 Å². The number of esters is 2. The van der Waals surface area contributed by atoms with Crippen LogP contribution in [0.3, 0.4) is 0 Å². The van der Waals surface area contributed by atoms with E-state index in [-0.39, 0.29) is 31.0 Å². The maximum Gasteiger partial charge on any atom is 0.334 e. The van der Waals surface area contributed by atoms with E-state index in [0.717, 1.165) is 6.42 Å². The lowest BCUT2D eigenvalue weighted by molar-refractivity contribution is -0.172. The lowest BCUT2D eigenvalue weighted by Gasteiger charge is -2.56. The van der Waals surface area contributed by atoms with Crippen molar-refractivity contribution in [3.63, 3.8) is 0 Å². The van der Waals surface area contributed by atoms with Gasteiger partial charge in [-0.2, -0.15) is 0 Å². The van der Waals surface area contributed by atoms with Gasteiger partial charge in [0.05, 0.1) is 17.9 Å². The zero-order valence-corrected chi connectivity index (χ0v) is 16.7. The van der Waals surface area contributed by atoms with Crippen LogP contribution >= 0.6 is 0 Å². The number of hydrogen-bond acceptors (Lipinski definition) is 7. The highest BCUT2D eigenvalue weighted by molar-refractivity contribution is 5.95.